The summed E-state index contributed by atoms with van der Waals surface area (Å²) < 4.78 is 23.2. The minimum Gasteiger partial charge on any atom is -0.390 e. The normalized spacial score (nSPS) is 42.0. The molecule has 4 bridgehead atoms. The van der Waals surface area contributed by atoms with E-state index in [1.165, 1.54) is 0 Å². The second-order valence-corrected chi connectivity index (χ2v) is 10.8. The number of amides is 1. The van der Waals surface area contributed by atoms with Gasteiger partial charge in [0, 0.05) is 12.3 Å². The third-order valence-electron chi connectivity index (χ3n) is 6.52. The molecule has 0 aromatic rings. The molecule has 4 atom stereocenters. The first-order chi connectivity index (χ1) is 10.7. The minimum absolute atomic E-state index is 0.00205. The van der Waals surface area contributed by atoms with Crippen molar-refractivity contribution >= 4 is 15.7 Å². The van der Waals surface area contributed by atoms with Crippen LogP contribution in [0.2, 0.25) is 0 Å². The highest BCUT2D eigenvalue weighted by molar-refractivity contribution is 7.91. The van der Waals surface area contributed by atoms with Crippen molar-refractivity contribution in [1.29, 1.82) is 0 Å². The number of carbonyl (C=O) groups excluding carboxylic acids is 1. The molecule has 0 aliphatic heterocycles. The Balaban J connectivity index is 1.73. The number of carbonyl (C=O) groups is 1. The van der Waals surface area contributed by atoms with Gasteiger partial charge in [0.15, 0.2) is 9.84 Å². The van der Waals surface area contributed by atoms with Crippen LogP contribution in [-0.4, -0.2) is 43.1 Å². The SMILES string of the molecule is CC[C@@]12C[C@H]3C[C@@](O)(C1)C[C@@](C(=O)NCCS(=O)(=O)CC)(C3)C2. The molecule has 4 aliphatic rings. The quantitative estimate of drug-likeness (QED) is 0.768. The van der Waals surface area contributed by atoms with E-state index in [1.54, 1.807) is 6.92 Å². The summed E-state index contributed by atoms with van der Waals surface area (Å²) in [6.07, 6.45) is 6.03. The van der Waals surface area contributed by atoms with Crippen LogP contribution in [0.5, 0.6) is 0 Å². The van der Waals surface area contributed by atoms with Crippen LogP contribution in [0.25, 0.3) is 0 Å². The minimum atomic E-state index is -3.06. The molecule has 4 aliphatic carbocycles. The van der Waals surface area contributed by atoms with Crippen molar-refractivity contribution < 1.29 is 18.3 Å². The van der Waals surface area contributed by atoms with Crippen molar-refractivity contribution in [3.05, 3.63) is 0 Å². The molecule has 0 aromatic carbocycles. The lowest BCUT2D eigenvalue weighted by molar-refractivity contribution is -0.204. The summed E-state index contributed by atoms with van der Waals surface area (Å²) in [5, 5.41) is 13.8. The van der Waals surface area contributed by atoms with Gasteiger partial charge in [-0.1, -0.05) is 20.3 Å². The Morgan fingerprint density at radius 3 is 2.52 bits per heavy atom. The highest BCUT2D eigenvalue weighted by Crippen LogP contribution is 2.67. The summed E-state index contributed by atoms with van der Waals surface area (Å²) in [7, 11) is -3.06. The van der Waals surface area contributed by atoms with Gasteiger partial charge >= 0.3 is 0 Å². The predicted molar refractivity (Wildman–Crippen MR) is 88.6 cm³/mol. The number of hydrogen-bond donors (Lipinski definition) is 2. The summed E-state index contributed by atoms with van der Waals surface area (Å²) in [6.45, 7) is 3.96. The highest BCUT2D eigenvalue weighted by Gasteiger charge is 2.64. The molecule has 0 heterocycles. The van der Waals surface area contributed by atoms with Gasteiger partial charge in [-0.15, -0.1) is 0 Å². The van der Waals surface area contributed by atoms with Crippen LogP contribution in [0.3, 0.4) is 0 Å². The Kier molecular flexibility index (Phi) is 4.08. The first-order valence-electron chi connectivity index (χ1n) is 8.87. The van der Waals surface area contributed by atoms with Crippen LogP contribution in [0.4, 0.5) is 0 Å². The van der Waals surface area contributed by atoms with Gasteiger partial charge in [-0.3, -0.25) is 4.79 Å². The molecule has 5 nitrogen and oxygen atoms in total. The number of hydrogen-bond acceptors (Lipinski definition) is 4. The maximum absolute atomic E-state index is 12.9. The second kappa shape index (κ2) is 5.45. The Morgan fingerprint density at radius 2 is 1.91 bits per heavy atom. The van der Waals surface area contributed by atoms with Crippen LogP contribution in [-0.2, 0) is 14.6 Å². The van der Waals surface area contributed by atoms with E-state index in [2.05, 4.69) is 12.2 Å². The average Bonchev–Trinajstić information content (AvgIpc) is 2.44. The summed E-state index contributed by atoms with van der Waals surface area (Å²) in [4.78, 5) is 12.9. The van der Waals surface area contributed by atoms with E-state index in [1.807, 2.05) is 0 Å². The molecule has 0 aromatic heterocycles. The van der Waals surface area contributed by atoms with Crippen molar-refractivity contribution in [1.82, 2.24) is 5.32 Å². The molecule has 2 N–H and O–H groups in total. The molecule has 132 valence electrons. The van der Waals surface area contributed by atoms with Crippen molar-refractivity contribution in [2.75, 3.05) is 18.1 Å². The van der Waals surface area contributed by atoms with E-state index in [0.29, 0.717) is 12.3 Å². The van der Waals surface area contributed by atoms with Crippen LogP contribution in [0.1, 0.15) is 58.8 Å². The topological polar surface area (TPSA) is 83.5 Å². The number of sulfone groups is 1. The van der Waals surface area contributed by atoms with Crippen LogP contribution >= 0.6 is 0 Å². The first-order valence-corrected chi connectivity index (χ1v) is 10.7. The smallest absolute Gasteiger partial charge is 0.226 e. The van der Waals surface area contributed by atoms with Gasteiger partial charge in [-0.2, -0.15) is 0 Å². The molecule has 4 saturated carbocycles. The van der Waals surface area contributed by atoms with Gasteiger partial charge in [0.2, 0.25) is 5.91 Å². The van der Waals surface area contributed by atoms with E-state index in [0.717, 1.165) is 38.5 Å². The van der Waals surface area contributed by atoms with Crippen LogP contribution < -0.4 is 5.32 Å². The van der Waals surface area contributed by atoms with E-state index < -0.39 is 20.9 Å². The summed E-state index contributed by atoms with van der Waals surface area (Å²) in [6, 6.07) is 0. The molecule has 6 heteroatoms. The lowest BCUT2D eigenvalue weighted by Gasteiger charge is -2.64. The Morgan fingerprint density at radius 1 is 1.17 bits per heavy atom. The molecule has 23 heavy (non-hydrogen) atoms. The van der Waals surface area contributed by atoms with Crippen LogP contribution in [0, 0.1) is 16.7 Å². The van der Waals surface area contributed by atoms with E-state index in [4.69, 9.17) is 0 Å². The molecule has 4 fully saturated rings. The van der Waals surface area contributed by atoms with Crippen molar-refractivity contribution in [3.8, 4) is 0 Å². The second-order valence-electron chi connectivity index (χ2n) is 8.36. The predicted octanol–water partition coefficient (Wildman–Crippen LogP) is 1.65. The van der Waals surface area contributed by atoms with E-state index in [-0.39, 0.29) is 29.4 Å². The zero-order chi connectivity index (χ0) is 16.9. The summed E-state index contributed by atoms with van der Waals surface area (Å²) in [5.74, 6) is 0.498. The number of rotatable bonds is 6. The molecule has 0 radical (unpaired) electrons. The maximum atomic E-state index is 12.9. The first kappa shape index (κ1) is 17.2. The van der Waals surface area contributed by atoms with Crippen molar-refractivity contribution in [2.24, 2.45) is 16.7 Å². The van der Waals surface area contributed by atoms with Gasteiger partial charge < -0.3 is 10.4 Å². The third-order valence-corrected chi connectivity index (χ3v) is 8.23. The summed E-state index contributed by atoms with van der Waals surface area (Å²) >= 11 is 0. The monoisotopic (exact) mass is 343 g/mol. The summed E-state index contributed by atoms with van der Waals surface area (Å²) in [5.41, 5.74) is -1.08. The fourth-order valence-corrected chi connectivity index (χ4v) is 6.59. The highest BCUT2D eigenvalue weighted by atomic mass is 32.2. The lowest BCUT2D eigenvalue weighted by Crippen LogP contribution is -2.63. The molecular formula is C17H29NO4S. The number of nitrogens with one attached hydrogen (secondary N) is 1. The van der Waals surface area contributed by atoms with Gasteiger partial charge in [0.1, 0.15) is 0 Å². The maximum Gasteiger partial charge on any atom is 0.226 e. The van der Waals surface area contributed by atoms with Gasteiger partial charge in [-0.05, 0) is 49.9 Å². The average molecular weight is 343 g/mol. The van der Waals surface area contributed by atoms with Gasteiger partial charge in [0.25, 0.3) is 0 Å². The zero-order valence-electron chi connectivity index (χ0n) is 14.2. The van der Waals surface area contributed by atoms with Crippen LogP contribution in [0.15, 0.2) is 0 Å². The van der Waals surface area contributed by atoms with Gasteiger partial charge in [0.05, 0.1) is 16.8 Å². The van der Waals surface area contributed by atoms with Crippen molar-refractivity contribution in [2.45, 2.75) is 64.4 Å². The van der Waals surface area contributed by atoms with Crippen molar-refractivity contribution in [3.63, 3.8) is 0 Å². The molecule has 0 unspecified atom stereocenters. The zero-order valence-corrected chi connectivity index (χ0v) is 15.0. The number of aliphatic hydroxyl groups is 1. The Bertz CT molecular complexity index is 604. The fraction of sp³-hybridized carbons (Fsp3) is 0.941. The molecule has 0 spiro atoms. The van der Waals surface area contributed by atoms with E-state index >= 15 is 0 Å². The van der Waals surface area contributed by atoms with Gasteiger partial charge in [-0.25, -0.2) is 8.42 Å². The molecule has 0 saturated heterocycles. The Labute approximate surface area is 139 Å². The molecule has 1 amide bonds. The third kappa shape index (κ3) is 3.04. The fourth-order valence-electron chi connectivity index (χ4n) is 5.88. The Hall–Kier alpha value is -0.620. The standard InChI is InChI=1S/C17H29NO4S/c1-3-15-7-13-8-16(10-15,12-17(20,9-13)11-15)14(19)18-5-6-23(21,22)4-2/h13,20H,3-12H2,1-2H3,(H,18,19)/t13-,15+,16-,17-/m1/s1. The molecule has 4 rings (SSSR count). The molecular weight excluding hydrogens is 314 g/mol. The largest absolute Gasteiger partial charge is 0.390 e. The lowest BCUT2D eigenvalue weighted by atomic mass is 9.42. The van der Waals surface area contributed by atoms with E-state index in [9.17, 15) is 18.3 Å².